The summed E-state index contributed by atoms with van der Waals surface area (Å²) in [6.45, 7) is 2.34. The number of unbranched alkanes of at least 4 members (excludes halogenated alkanes) is 1. The van der Waals surface area contributed by atoms with Gasteiger partial charge in [0.1, 0.15) is 5.56 Å². The van der Waals surface area contributed by atoms with E-state index in [1.54, 1.807) is 11.8 Å². The molecule has 1 aliphatic heterocycles. The number of H-pyrrole nitrogens is 1. The first-order valence-electron chi connectivity index (χ1n) is 10.0. The largest absolute Gasteiger partial charge is 0.494 e. The number of nitrogens with one attached hydrogen (secondary N) is 1. The molecule has 0 fully saturated rings. The summed E-state index contributed by atoms with van der Waals surface area (Å²) in [7, 11) is 0. The summed E-state index contributed by atoms with van der Waals surface area (Å²) in [5.74, 6) is -0.313. The van der Waals surface area contributed by atoms with Gasteiger partial charge < -0.3 is 5.11 Å². The molecule has 7 heteroatoms. The van der Waals surface area contributed by atoms with Gasteiger partial charge in [-0.05, 0) is 24.1 Å². The fourth-order valence-corrected chi connectivity index (χ4v) is 4.80. The van der Waals surface area contributed by atoms with Crippen LogP contribution >= 0.6 is 11.8 Å². The van der Waals surface area contributed by atoms with Gasteiger partial charge in [-0.15, -0.1) is 11.8 Å². The van der Waals surface area contributed by atoms with Gasteiger partial charge in [0.05, 0.1) is 11.4 Å². The molecule has 2 N–H and O–H groups in total. The lowest BCUT2D eigenvalue weighted by Gasteiger charge is -2.17. The molecule has 2 heterocycles. The molecule has 1 atom stereocenters. The molecular weight excluding hydrogens is 398 g/mol. The van der Waals surface area contributed by atoms with Crippen LogP contribution in [0.5, 0.6) is 5.88 Å². The van der Waals surface area contributed by atoms with Crippen molar-refractivity contribution in [3.63, 3.8) is 0 Å². The van der Waals surface area contributed by atoms with Crippen LogP contribution in [0.4, 0.5) is 5.69 Å². The van der Waals surface area contributed by atoms with Crippen molar-refractivity contribution in [2.45, 2.75) is 42.9 Å². The zero-order valence-electron chi connectivity index (χ0n) is 16.7. The smallest absolute Gasteiger partial charge is 0.331 e. The summed E-state index contributed by atoms with van der Waals surface area (Å²) in [6, 6.07) is 17.8. The fraction of sp³-hybridized carbons (Fsp3) is 0.261. The van der Waals surface area contributed by atoms with Gasteiger partial charge in [0.2, 0.25) is 5.88 Å². The Morgan fingerprint density at radius 1 is 1.13 bits per heavy atom. The van der Waals surface area contributed by atoms with Crippen LogP contribution in [0.3, 0.4) is 0 Å². The molecule has 154 valence electrons. The zero-order chi connectivity index (χ0) is 21.1. The Morgan fingerprint density at radius 2 is 1.87 bits per heavy atom. The van der Waals surface area contributed by atoms with E-state index < -0.39 is 11.2 Å². The number of benzene rings is 2. The lowest BCUT2D eigenvalue weighted by atomic mass is 10.0. The third kappa shape index (κ3) is 3.98. The van der Waals surface area contributed by atoms with Crippen molar-refractivity contribution in [3.05, 3.63) is 86.6 Å². The third-order valence-corrected chi connectivity index (χ3v) is 6.46. The number of rotatable bonds is 5. The number of aromatic amines is 1. The maximum atomic E-state index is 12.7. The molecule has 0 spiro atoms. The molecule has 0 saturated carbocycles. The summed E-state index contributed by atoms with van der Waals surface area (Å²) in [4.78, 5) is 33.1. The minimum atomic E-state index is -0.611. The molecular formula is C23H23N3O3S. The van der Waals surface area contributed by atoms with Crippen LogP contribution in [0.15, 0.2) is 74.1 Å². The maximum Gasteiger partial charge on any atom is 0.331 e. The van der Waals surface area contributed by atoms with E-state index in [0.717, 1.165) is 29.0 Å². The van der Waals surface area contributed by atoms with Crippen LogP contribution in [-0.4, -0.2) is 20.4 Å². The van der Waals surface area contributed by atoms with Crippen molar-refractivity contribution in [3.8, 4) is 5.88 Å². The fourth-order valence-electron chi connectivity index (χ4n) is 3.57. The average molecular weight is 422 g/mol. The van der Waals surface area contributed by atoms with Gasteiger partial charge in [-0.2, -0.15) is 0 Å². The second-order valence-electron chi connectivity index (χ2n) is 7.21. The molecule has 3 aromatic rings. The predicted molar refractivity (Wildman–Crippen MR) is 120 cm³/mol. The highest BCUT2D eigenvalue weighted by Crippen LogP contribution is 2.45. The van der Waals surface area contributed by atoms with E-state index >= 15 is 0 Å². The van der Waals surface area contributed by atoms with E-state index in [1.165, 1.54) is 4.57 Å². The molecule has 0 radical (unpaired) electrons. The normalized spacial score (nSPS) is 15.9. The summed E-state index contributed by atoms with van der Waals surface area (Å²) in [5.41, 5.74) is 1.20. The Balaban J connectivity index is 1.88. The number of aromatic hydroxyl groups is 1. The zero-order valence-corrected chi connectivity index (χ0v) is 17.5. The molecule has 30 heavy (non-hydrogen) atoms. The minimum absolute atomic E-state index is 0.0171. The first-order chi connectivity index (χ1) is 14.6. The van der Waals surface area contributed by atoms with Gasteiger partial charge in [0, 0.05) is 23.1 Å². The van der Waals surface area contributed by atoms with Crippen LogP contribution in [0.2, 0.25) is 0 Å². The first-order valence-corrected chi connectivity index (χ1v) is 10.9. The molecule has 6 nitrogen and oxygen atoms in total. The number of aliphatic imine (C=N–C) groups is 1. The Labute approximate surface area is 178 Å². The van der Waals surface area contributed by atoms with Crippen molar-refractivity contribution in [1.29, 1.82) is 0 Å². The topological polar surface area (TPSA) is 87.4 Å². The van der Waals surface area contributed by atoms with Crippen LogP contribution < -0.4 is 11.2 Å². The van der Waals surface area contributed by atoms with Gasteiger partial charge in [-0.3, -0.25) is 19.3 Å². The van der Waals surface area contributed by atoms with E-state index in [2.05, 4.69) is 17.1 Å². The monoisotopic (exact) mass is 421 g/mol. The van der Waals surface area contributed by atoms with Crippen molar-refractivity contribution in [1.82, 2.24) is 9.55 Å². The molecule has 1 aliphatic rings. The van der Waals surface area contributed by atoms with Crippen LogP contribution in [0, 0.1) is 0 Å². The van der Waals surface area contributed by atoms with Crippen molar-refractivity contribution < 1.29 is 5.11 Å². The van der Waals surface area contributed by atoms with Gasteiger partial charge in [0.15, 0.2) is 0 Å². The van der Waals surface area contributed by atoms with E-state index in [-0.39, 0.29) is 16.7 Å². The highest BCUT2D eigenvalue weighted by Gasteiger charge is 2.27. The van der Waals surface area contributed by atoms with Crippen LogP contribution in [0.25, 0.3) is 0 Å². The van der Waals surface area contributed by atoms with E-state index in [1.807, 2.05) is 49.4 Å². The second kappa shape index (κ2) is 8.75. The van der Waals surface area contributed by atoms with Gasteiger partial charge in [-0.1, -0.05) is 55.8 Å². The number of nitrogens with zero attached hydrogens (tertiary/aromatic N) is 2. The Morgan fingerprint density at radius 3 is 2.63 bits per heavy atom. The number of hydrogen-bond acceptors (Lipinski definition) is 5. The van der Waals surface area contributed by atoms with E-state index in [4.69, 9.17) is 4.99 Å². The summed E-state index contributed by atoms with van der Waals surface area (Å²) < 4.78 is 1.23. The standard InChI is InChI=1S/C23H23N3O3S/c1-2-3-13-26-22(28)20(21(27)25-23(26)29)17-14-19(15-9-5-4-6-10-15)30-18-12-8-7-11-16(18)24-17/h4-12,19,28H,2-3,13-14H2,1H3,(H,25,27,29)/t19-/m1/s1. The molecule has 0 amide bonds. The number of thioether (sulfide) groups is 1. The Bertz CT molecular complexity index is 1200. The average Bonchev–Trinajstić information content (AvgIpc) is 2.93. The highest BCUT2D eigenvalue weighted by molar-refractivity contribution is 7.99. The molecule has 2 aromatic carbocycles. The van der Waals surface area contributed by atoms with Crippen molar-refractivity contribution >= 4 is 23.2 Å². The van der Waals surface area contributed by atoms with Crippen LogP contribution in [-0.2, 0) is 6.54 Å². The second-order valence-corrected chi connectivity index (χ2v) is 8.46. The molecule has 0 unspecified atom stereocenters. The molecule has 0 bridgehead atoms. The molecule has 0 saturated heterocycles. The number of fused-ring (bicyclic) bond motifs is 1. The lowest BCUT2D eigenvalue weighted by Crippen LogP contribution is -2.34. The Hall–Kier alpha value is -3.06. The molecule has 0 aliphatic carbocycles. The molecule has 4 rings (SSSR count). The summed E-state index contributed by atoms with van der Waals surface area (Å²) >= 11 is 1.69. The van der Waals surface area contributed by atoms with Crippen LogP contribution in [0.1, 0.15) is 42.6 Å². The van der Waals surface area contributed by atoms with Crippen molar-refractivity contribution in [2.75, 3.05) is 0 Å². The van der Waals surface area contributed by atoms with E-state index in [0.29, 0.717) is 18.7 Å². The lowest BCUT2D eigenvalue weighted by molar-refractivity contribution is 0.394. The van der Waals surface area contributed by atoms with Crippen molar-refractivity contribution in [2.24, 2.45) is 4.99 Å². The first kappa shape index (κ1) is 20.2. The minimum Gasteiger partial charge on any atom is -0.494 e. The maximum absolute atomic E-state index is 12.7. The van der Waals surface area contributed by atoms with Gasteiger partial charge in [0.25, 0.3) is 5.56 Å². The van der Waals surface area contributed by atoms with Gasteiger partial charge in [-0.25, -0.2) is 4.79 Å². The number of para-hydroxylation sites is 1. The van der Waals surface area contributed by atoms with E-state index in [9.17, 15) is 14.7 Å². The SMILES string of the molecule is CCCCn1c(O)c(C2=Nc3ccccc3S[C@@H](c3ccccc3)C2)c(=O)[nH]c1=O. The number of hydrogen-bond donors (Lipinski definition) is 2. The summed E-state index contributed by atoms with van der Waals surface area (Å²) in [6.07, 6.45) is 2.03. The Kier molecular flexibility index (Phi) is 5.90. The van der Waals surface area contributed by atoms with Gasteiger partial charge >= 0.3 is 5.69 Å². The third-order valence-electron chi connectivity index (χ3n) is 5.14. The molecule has 1 aromatic heterocycles. The predicted octanol–water partition coefficient (Wildman–Crippen LogP) is 4.40. The highest BCUT2D eigenvalue weighted by atomic mass is 32.2. The summed E-state index contributed by atoms with van der Waals surface area (Å²) in [5, 5.41) is 10.9. The number of aromatic nitrogens is 2. The quantitative estimate of drug-likeness (QED) is 0.639.